The molecule has 2 aromatic carbocycles. The van der Waals surface area contributed by atoms with Gasteiger partial charge in [-0.15, -0.1) is 0 Å². The first-order valence-electron chi connectivity index (χ1n) is 33.5. The summed E-state index contributed by atoms with van der Waals surface area (Å²) in [6, 6.07) is 20.6. The Hall–Kier alpha value is -6.49. The van der Waals surface area contributed by atoms with Gasteiger partial charge in [0, 0.05) is 82.0 Å². The van der Waals surface area contributed by atoms with Gasteiger partial charge in [0.2, 0.25) is 11.8 Å². The molecule has 90 heavy (non-hydrogen) atoms. The fraction of sp³-hybridized carbons (Fsp3) is 0.600. The average molecular weight is 1270 g/mol. The van der Waals surface area contributed by atoms with Crippen molar-refractivity contribution in [2.75, 3.05) is 23.8 Å². The van der Waals surface area contributed by atoms with Crippen LogP contribution in [0.4, 0.5) is 11.4 Å². The van der Waals surface area contributed by atoms with Crippen molar-refractivity contribution < 1.29 is 28.7 Å². The van der Waals surface area contributed by atoms with E-state index < -0.39 is 28.2 Å². The molecule has 10 rings (SSSR count). The predicted molar refractivity (Wildman–Crippen MR) is 364 cm³/mol. The molecule has 4 aliphatic carbocycles. The standard InChI is InChI=1S/2C35H52N6O3Si/c1-22(2)33-30(24(5)39-40(33)21-44-19-20-45(6,7)8)25-13-15-28(16-14-25)37-35(43)32(31(26-9-10-26)27-11-12-27)38-34(42)29-17-18-36-41(29)23(3)4;1-22(2)32-30(24(5)40(39-32)21-44-19-20-45(6,7)8)25-13-15-28(16-14-25)37-35(43)33(31(26-9-10-26)27-11-12-27)38-34(42)29-17-18-36-41(29)23(3)4/h13-18,22-23,26-27,31-32H,9-12,19-21H2,1-8H3,(H,37,43)(H,38,42);13-18,22-23,26-27,31,33H,9-12,19-21H2,1-8H3,(H,37,43)(H,38,42)/t32-;33-/m00/s1. The van der Waals surface area contributed by atoms with Gasteiger partial charge < -0.3 is 30.7 Å². The molecule has 2 atom stereocenters. The summed E-state index contributed by atoms with van der Waals surface area (Å²) < 4.78 is 19.5. The zero-order chi connectivity index (χ0) is 64.9. The minimum atomic E-state index is -1.16. The van der Waals surface area contributed by atoms with Crippen LogP contribution in [0.3, 0.4) is 0 Å². The second-order valence-corrected chi connectivity index (χ2v) is 41.0. The van der Waals surface area contributed by atoms with Crippen molar-refractivity contribution in [2.45, 2.75) is 221 Å². The average Bonchev–Trinajstić information content (AvgIpc) is 1.73. The van der Waals surface area contributed by atoms with Crippen LogP contribution in [0, 0.1) is 49.4 Å². The van der Waals surface area contributed by atoms with Crippen LogP contribution in [-0.4, -0.2) is 104 Å². The largest absolute Gasteiger partial charge is 0.360 e. The van der Waals surface area contributed by atoms with Gasteiger partial charge in [-0.1, -0.05) is 91.2 Å². The Bertz CT molecular complexity index is 3230. The van der Waals surface area contributed by atoms with Gasteiger partial charge in [-0.2, -0.15) is 20.4 Å². The first-order valence-corrected chi connectivity index (χ1v) is 40.9. The summed E-state index contributed by atoms with van der Waals surface area (Å²) in [6.45, 7) is 37.4. The van der Waals surface area contributed by atoms with Crippen LogP contribution in [0.1, 0.15) is 174 Å². The van der Waals surface area contributed by atoms with Crippen LogP contribution in [-0.2, 0) is 32.5 Å². The molecular formula is C70H104N12O6Si2. The lowest BCUT2D eigenvalue weighted by molar-refractivity contribution is -0.120. The van der Waals surface area contributed by atoms with Gasteiger partial charge in [-0.25, -0.2) is 9.36 Å². The van der Waals surface area contributed by atoms with E-state index in [4.69, 9.17) is 19.7 Å². The van der Waals surface area contributed by atoms with Crippen molar-refractivity contribution >= 4 is 51.2 Å². The second-order valence-electron chi connectivity index (χ2n) is 29.7. The lowest BCUT2D eigenvalue weighted by Crippen LogP contribution is -2.50. The number of amides is 4. The molecule has 0 radical (unpaired) electrons. The van der Waals surface area contributed by atoms with Crippen LogP contribution >= 0.6 is 0 Å². The molecule has 0 aliphatic heterocycles. The van der Waals surface area contributed by atoms with E-state index in [9.17, 15) is 19.2 Å². The third-order valence-corrected chi connectivity index (χ3v) is 21.6. The third kappa shape index (κ3) is 17.6. The van der Waals surface area contributed by atoms with Crippen molar-refractivity contribution in [1.82, 2.24) is 49.8 Å². The molecule has 4 fully saturated rings. The van der Waals surface area contributed by atoms with Gasteiger partial charge in [-0.3, -0.25) is 28.5 Å². The summed E-state index contributed by atoms with van der Waals surface area (Å²) in [7, 11) is -2.32. The molecule has 4 N–H and O–H groups in total. The van der Waals surface area contributed by atoms with Gasteiger partial charge in [0.15, 0.2) is 0 Å². The number of aryl methyl sites for hydroxylation is 1. The van der Waals surface area contributed by atoms with E-state index in [1.807, 2.05) is 68.2 Å². The smallest absolute Gasteiger partial charge is 0.270 e. The second kappa shape index (κ2) is 29.0. The third-order valence-electron chi connectivity index (χ3n) is 18.2. The van der Waals surface area contributed by atoms with Gasteiger partial charge >= 0.3 is 0 Å². The Morgan fingerprint density at radius 1 is 0.522 bits per heavy atom. The fourth-order valence-electron chi connectivity index (χ4n) is 12.7. The molecule has 0 saturated heterocycles. The first kappa shape index (κ1) is 67.9. The van der Waals surface area contributed by atoms with Gasteiger partial charge in [0.1, 0.15) is 36.9 Å². The van der Waals surface area contributed by atoms with E-state index in [1.54, 1.807) is 33.9 Å². The molecule has 18 nitrogen and oxygen atoms in total. The number of nitrogens with zero attached hydrogens (tertiary/aromatic N) is 8. The number of anilines is 2. The molecule has 4 aromatic heterocycles. The predicted octanol–water partition coefficient (Wildman–Crippen LogP) is 14.5. The van der Waals surface area contributed by atoms with Gasteiger partial charge in [0.25, 0.3) is 11.8 Å². The summed E-state index contributed by atoms with van der Waals surface area (Å²) in [4.78, 5) is 54.8. The number of carbonyl (C=O) groups excluding carboxylic acids is 4. The highest BCUT2D eigenvalue weighted by molar-refractivity contribution is 6.76. The maximum absolute atomic E-state index is 13.9. The number of nitrogens with one attached hydrogen (secondary N) is 4. The summed E-state index contributed by atoms with van der Waals surface area (Å²) in [5.41, 5.74) is 11.0. The van der Waals surface area contributed by atoms with Crippen molar-refractivity contribution in [3.63, 3.8) is 0 Å². The SMILES string of the molecule is Cc1c(-c2ccc(NC(=O)[C@@H](NC(=O)c3ccnn3C(C)C)C(C3CC3)C3CC3)cc2)c(C(C)C)nn1COCC[Si](C)(C)C.Cc1nn(COCC[Si](C)(C)C)c(C(C)C)c1-c1ccc(NC(=O)[C@@H](NC(=O)c2ccnn2C(C)C)C(C2CC2)C2CC2)cc1. The summed E-state index contributed by atoms with van der Waals surface area (Å²) in [5, 5.41) is 31.0. The first-order chi connectivity index (χ1) is 42.7. The molecule has 4 amide bonds. The highest BCUT2D eigenvalue weighted by Crippen LogP contribution is 2.52. The summed E-state index contributed by atoms with van der Waals surface area (Å²) in [5.74, 6) is 1.95. The van der Waals surface area contributed by atoms with E-state index in [0.717, 1.165) is 122 Å². The van der Waals surface area contributed by atoms with Crippen molar-refractivity contribution in [3.05, 3.63) is 107 Å². The fourth-order valence-corrected chi connectivity index (χ4v) is 14.2. The quantitative estimate of drug-likeness (QED) is 0.0248. The number of hydrogen-bond donors (Lipinski definition) is 4. The molecule has 0 spiro atoms. The Morgan fingerprint density at radius 2 is 0.911 bits per heavy atom. The van der Waals surface area contributed by atoms with E-state index in [-0.39, 0.29) is 59.4 Å². The Kier molecular flexibility index (Phi) is 21.9. The molecule has 20 heteroatoms. The van der Waals surface area contributed by atoms with Gasteiger partial charge in [-0.05, 0) is 200 Å². The summed E-state index contributed by atoms with van der Waals surface area (Å²) in [6.07, 6.45) is 12.2. The number of ether oxygens (including phenoxy) is 2. The van der Waals surface area contributed by atoms with E-state index in [1.165, 1.54) is 0 Å². The molecule has 4 heterocycles. The minimum Gasteiger partial charge on any atom is -0.360 e. The lowest BCUT2D eigenvalue weighted by atomic mass is 9.88. The minimum absolute atomic E-state index is 0.0450. The van der Waals surface area contributed by atoms with Crippen LogP contribution < -0.4 is 21.3 Å². The Balaban J connectivity index is 0.000000213. The highest BCUT2D eigenvalue weighted by Gasteiger charge is 2.50. The van der Waals surface area contributed by atoms with Crippen LogP contribution in [0.15, 0.2) is 73.1 Å². The molecule has 0 bridgehead atoms. The number of aromatic nitrogens is 8. The van der Waals surface area contributed by atoms with Crippen molar-refractivity contribution in [2.24, 2.45) is 35.5 Å². The molecule has 488 valence electrons. The molecule has 4 aliphatic rings. The zero-order valence-corrected chi connectivity index (χ0v) is 58.8. The maximum Gasteiger partial charge on any atom is 0.270 e. The number of benzene rings is 2. The number of hydrogen-bond acceptors (Lipinski definition) is 10. The van der Waals surface area contributed by atoms with E-state index in [0.29, 0.717) is 59.9 Å². The molecule has 6 aromatic rings. The molecule has 0 unspecified atom stereocenters. The number of carbonyl (C=O) groups is 4. The zero-order valence-electron chi connectivity index (χ0n) is 56.8. The molecule has 4 saturated carbocycles. The normalized spacial score (nSPS) is 16.1. The van der Waals surface area contributed by atoms with Crippen molar-refractivity contribution in [1.29, 1.82) is 0 Å². The topological polar surface area (TPSA) is 206 Å². The number of rotatable bonds is 30. The van der Waals surface area contributed by atoms with Gasteiger partial charge in [0.05, 0.1) is 17.1 Å². The summed E-state index contributed by atoms with van der Waals surface area (Å²) >= 11 is 0. The van der Waals surface area contributed by atoms with Crippen LogP contribution in [0.2, 0.25) is 51.4 Å². The Morgan fingerprint density at radius 3 is 1.27 bits per heavy atom. The molecular weight excluding hydrogens is 1160 g/mol. The van der Waals surface area contributed by atoms with E-state index in [2.05, 4.69) is 130 Å². The van der Waals surface area contributed by atoms with Crippen LogP contribution in [0.25, 0.3) is 22.3 Å². The Labute approximate surface area is 537 Å². The monoisotopic (exact) mass is 1260 g/mol. The van der Waals surface area contributed by atoms with Crippen molar-refractivity contribution in [3.8, 4) is 22.3 Å². The van der Waals surface area contributed by atoms with Crippen LogP contribution in [0.5, 0.6) is 0 Å². The maximum atomic E-state index is 13.9. The highest BCUT2D eigenvalue weighted by atomic mass is 28.3. The van der Waals surface area contributed by atoms with E-state index >= 15 is 0 Å². The lowest BCUT2D eigenvalue weighted by Gasteiger charge is -2.28.